The third kappa shape index (κ3) is 5.06. The number of hydrogen-bond acceptors (Lipinski definition) is 4. The summed E-state index contributed by atoms with van der Waals surface area (Å²) in [6, 6.07) is 3.83. The second-order valence-electron chi connectivity index (χ2n) is 3.98. The van der Waals surface area contributed by atoms with Gasteiger partial charge in [0.25, 0.3) is 0 Å². The molecule has 1 heterocycles. The summed E-state index contributed by atoms with van der Waals surface area (Å²) < 4.78 is 0. The van der Waals surface area contributed by atoms with Crippen molar-refractivity contribution in [3.8, 4) is 0 Å². The van der Waals surface area contributed by atoms with E-state index in [-0.39, 0.29) is 0 Å². The predicted molar refractivity (Wildman–Crippen MR) is 73.4 cm³/mol. The molecule has 0 radical (unpaired) electrons. The maximum atomic E-state index is 9.49. The van der Waals surface area contributed by atoms with Gasteiger partial charge < -0.3 is 10.0 Å². The lowest BCUT2D eigenvalue weighted by atomic mass is 10.2. The molecule has 0 saturated carbocycles. The zero-order chi connectivity index (χ0) is 12.7. The zero-order valence-corrected chi connectivity index (χ0v) is 11.7. The molecule has 0 unspecified atom stereocenters. The first kappa shape index (κ1) is 14.5. The van der Waals surface area contributed by atoms with Gasteiger partial charge in [-0.3, -0.25) is 0 Å². The first-order chi connectivity index (χ1) is 8.17. The van der Waals surface area contributed by atoms with Gasteiger partial charge in [0.15, 0.2) is 0 Å². The molecule has 0 fully saturated rings. The van der Waals surface area contributed by atoms with Crippen molar-refractivity contribution < 1.29 is 5.11 Å². The van der Waals surface area contributed by atoms with E-state index in [1.807, 2.05) is 12.1 Å². The molecule has 1 rings (SSSR count). The standard InChI is InChI=1S/C13H22N2OS/c1-4-15(5-2)8-9-17-13-10-12(11(3)16)6-7-14-13/h6-7,10-11,16H,4-5,8-9H2,1-3H3/t11-/m1/s1. The van der Waals surface area contributed by atoms with Crippen molar-refractivity contribution in [3.05, 3.63) is 23.9 Å². The summed E-state index contributed by atoms with van der Waals surface area (Å²) in [5.41, 5.74) is 0.935. The normalized spacial score (nSPS) is 13.0. The molecule has 96 valence electrons. The number of thioether (sulfide) groups is 1. The van der Waals surface area contributed by atoms with Crippen molar-refractivity contribution in [1.29, 1.82) is 0 Å². The molecule has 1 N–H and O–H groups in total. The largest absolute Gasteiger partial charge is 0.389 e. The minimum atomic E-state index is -0.417. The van der Waals surface area contributed by atoms with Crippen LogP contribution in [0.5, 0.6) is 0 Å². The van der Waals surface area contributed by atoms with Gasteiger partial charge in [-0.05, 0) is 37.7 Å². The van der Waals surface area contributed by atoms with Crippen LogP contribution >= 0.6 is 11.8 Å². The van der Waals surface area contributed by atoms with Gasteiger partial charge in [-0.15, -0.1) is 11.8 Å². The number of aromatic nitrogens is 1. The van der Waals surface area contributed by atoms with Crippen molar-refractivity contribution in [2.75, 3.05) is 25.4 Å². The number of nitrogens with zero attached hydrogens (tertiary/aromatic N) is 2. The van der Waals surface area contributed by atoms with E-state index in [0.717, 1.165) is 36.0 Å². The first-order valence-electron chi connectivity index (χ1n) is 6.16. The van der Waals surface area contributed by atoms with Gasteiger partial charge >= 0.3 is 0 Å². The Kier molecular flexibility index (Phi) is 6.55. The van der Waals surface area contributed by atoms with Crippen LogP contribution < -0.4 is 0 Å². The van der Waals surface area contributed by atoms with Gasteiger partial charge in [-0.25, -0.2) is 4.98 Å². The molecule has 0 saturated heterocycles. The van der Waals surface area contributed by atoms with Crippen molar-refractivity contribution >= 4 is 11.8 Å². The Bertz CT molecular complexity index is 327. The lowest BCUT2D eigenvalue weighted by Gasteiger charge is -2.17. The summed E-state index contributed by atoms with van der Waals surface area (Å²) in [4.78, 5) is 6.70. The van der Waals surface area contributed by atoms with Crippen molar-refractivity contribution in [2.45, 2.75) is 31.9 Å². The van der Waals surface area contributed by atoms with Crippen LogP contribution in [0.2, 0.25) is 0 Å². The Labute approximate surface area is 108 Å². The molecule has 3 nitrogen and oxygen atoms in total. The molecule has 0 amide bonds. The molecule has 4 heteroatoms. The highest BCUT2D eigenvalue weighted by Crippen LogP contribution is 2.19. The average molecular weight is 254 g/mol. The average Bonchev–Trinajstić information content (AvgIpc) is 2.35. The Hall–Kier alpha value is -0.580. The third-order valence-electron chi connectivity index (χ3n) is 2.79. The maximum Gasteiger partial charge on any atom is 0.0963 e. The van der Waals surface area contributed by atoms with Crippen LogP contribution in [0, 0.1) is 0 Å². The van der Waals surface area contributed by atoms with E-state index < -0.39 is 6.10 Å². The van der Waals surface area contributed by atoms with Crippen LogP contribution in [0.1, 0.15) is 32.4 Å². The van der Waals surface area contributed by atoms with E-state index in [4.69, 9.17) is 0 Å². The molecule has 0 spiro atoms. The molecule has 1 atom stereocenters. The Morgan fingerprint density at radius 3 is 2.71 bits per heavy atom. The fourth-order valence-corrected chi connectivity index (χ4v) is 2.50. The molecule has 0 aliphatic heterocycles. The van der Waals surface area contributed by atoms with E-state index in [2.05, 4.69) is 23.7 Å². The topological polar surface area (TPSA) is 36.4 Å². The highest BCUT2D eigenvalue weighted by Gasteiger charge is 2.04. The van der Waals surface area contributed by atoms with Crippen LogP contribution in [0.3, 0.4) is 0 Å². The fourth-order valence-electron chi connectivity index (χ4n) is 1.58. The van der Waals surface area contributed by atoms with E-state index >= 15 is 0 Å². The predicted octanol–water partition coefficient (Wildman–Crippen LogP) is 2.57. The number of aliphatic hydroxyl groups excluding tert-OH is 1. The minimum absolute atomic E-state index is 0.417. The summed E-state index contributed by atoms with van der Waals surface area (Å²) in [7, 11) is 0. The maximum absolute atomic E-state index is 9.49. The zero-order valence-electron chi connectivity index (χ0n) is 10.9. The van der Waals surface area contributed by atoms with Gasteiger partial charge in [-0.2, -0.15) is 0 Å². The van der Waals surface area contributed by atoms with Crippen molar-refractivity contribution in [1.82, 2.24) is 9.88 Å². The number of hydrogen-bond donors (Lipinski definition) is 1. The van der Waals surface area contributed by atoms with Crippen LogP contribution in [0.25, 0.3) is 0 Å². The van der Waals surface area contributed by atoms with Crippen molar-refractivity contribution in [2.24, 2.45) is 0 Å². The molecule has 0 bridgehead atoms. The van der Waals surface area contributed by atoms with Gasteiger partial charge in [0.2, 0.25) is 0 Å². The SMILES string of the molecule is CCN(CC)CCSc1cc([C@@H](C)O)ccn1. The first-order valence-corrected chi connectivity index (χ1v) is 7.15. The van der Waals surface area contributed by atoms with Gasteiger partial charge in [0.05, 0.1) is 11.1 Å². The number of aliphatic hydroxyl groups is 1. The summed E-state index contributed by atoms with van der Waals surface area (Å²) in [5.74, 6) is 1.04. The summed E-state index contributed by atoms with van der Waals surface area (Å²) in [5, 5.41) is 10.5. The lowest BCUT2D eigenvalue weighted by molar-refractivity contribution is 0.199. The third-order valence-corrected chi connectivity index (χ3v) is 3.70. The molecule has 17 heavy (non-hydrogen) atoms. The van der Waals surface area contributed by atoms with Crippen LogP contribution in [-0.2, 0) is 0 Å². The highest BCUT2D eigenvalue weighted by atomic mass is 32.2. The van der Waals surface area contributed by atoms with Gasteiger partial charge in [0.1, 0.15) is 0 Å². The molecule has 0 aromatic carbocycles. The van der Waals surface area contributed by atoms with Crippen molar-refractivity contribution in [3.63, 3.8) is 0 Å². The monoisotopic (exact) mass is 254 g/mol. The summed E-state index contributed by atoms with van der Waals surface area (Å²) in [6.07, 6.45) is 1.35. The molecular weight excluding hydrogens is 232 g/mol. The second-order valence-corrected chi connectivity index (χ2v) is 5.09. The fraction of sp³-hybridized carbons (Fsp3) is 0.615. The summed E-state index contributed by atoms with van der Waals surface area (Å²) >= 11 is 1.75. The van der Waals surface area contributed by atoms with Crippen LogP contribution in [-0.4, -0.2) is 40.4 Å². The summed E-state index contributed by atoms with van der Waals surface area (Å²) in [6.45, 7) is 9.41. The molecular formula is C13H22N2OS. The highest BCUT2D eigenvalue weighted by molar-refractivity contribution is 7.99. The Morgan fingerprint density at radius 1 is 1.41 bits per heavy atom. The Balaban J connectivity index is 2.43. The minimum Gasteiger partial charge on any atom is -0.389 e. The molecule has 1 aromatic heterocycles. The second kappa shape index (κ2) is 7.69. The Morgan fingerprint density at radius 2 is 2.12 bits per heavy atom. The number of rotatable bonds is 7. The molecule has 0 aliphatic carbocycles. The van der Waals surface area contributed by atoms with Gasteiger partial charge in [0, 0.05) is 18.5 Å². The number of pyridine rings is 1. The van der Waals surface area contributed by atoms with E-state index in [0.29, 0.717) is 0 Å². The van der Waals surface area contributed by atoms with Crippen LogP contribution in [0.4, 0.5) is 0 Å². The van der Waals surface area contributed by atoms with Gasteiger partial charge in [-0.1, -0.05) is 13.8 Å². The quantitative estimate of drug-likeness (QED) is 0.759. The smallest absolute Gasteiger partial charge is 0.0963 e. The molecule has 0 aliphatic rings. The lowest BCUT2D eigenvalue weighted by Crippen LogP contribution is -2.25. The van der Waals surface area contributed by atoms with E-state index in [9.17, 15) is 5.11 Å². The van der Waals surface area contributed by atoms with E-state index in [1.165, 1.54) is 0 Å². The van der Waals surface area contributed by atoms with E-state index in [1.54, 1.807) is 24.9 Å². The van der Waals surface area contributed by atoms with Crippen LogP contribution in [0.15, 0.2) is 23.4 Å². The molecule has 1 aromatic rings.